The summed E-state index contributed by atoms with van der Waals surface area (Å²) in [5.74, 6) is 1.50. The highest BCUT2D eigenvalue weighted by Gasteiger charge is 2.36. The number of fused-ring (bicyclic) bond motifs is 1. The van der Waals surface area contributed by atoms with Crippen LogP contribution in [-0.4, -0.2) is 19.7 Å². The third kappa shape index (κ3) is 3.02. The monoisotopic (exact) mass is 327 g/mol. The van der Waals surface area contributed by atoms with Crippen LogP contribution in [0.3, 0.4) is 0 Å². The van der Waals surface area contributed by atoms with Crippen molar-refractivity contribution in [2.75, 3.05) is 19.1 Å². The van der Waals surface area contributed by atoms with Gasteiger partial charge in [-0.05, 0) is 67.0 Å². The Morgan fingerprint density at radius 2 is 2.09 bits per heavy atom. The predicted molar refractivity (Wildman–Crippen MR) is 102 cm³/mol. The van der Waals surface area contributed by atoms with Crippen LogP contribution >= 0.6 is 11.3 Å². The number of hydrogen-bond donors (Lipinski definition) is 0. The van der Waals surface area contributed by atoms with E-state index in [4.69, 9.17) is 4.74 Å². The second kappa shape index (κ2) is 6.04. The zero-order valence-electron chi connectivity index (χ0n) is 14.6. The van der Waals surface area contributed by atoms with Crippen LogP contribution in [0.4, 0.5) is 5.69 Å². The fraction of sp³-hybridized carbons (Fsp3) is 0.400. The van der Waals surface area contributed by atoms with Crippen LogP contribution in [0.15, 0.2) is 29.6 Å². The lowest BCUT2D eigenvalue weighted by Crippen LogP contribution is -2.45. The third-order valence-electron chi connectivity index (χ3n) is 4.91. The summed E-state index contributed by atoms with van der Waals surface area (Å²) in [5, 5.41) is 2.10. The van der Waals surface area contributed by atoms with Crippen molar-refractivity contribution >= 4 is 29.2 Å². The maximum absolute atomic E-state index is 5.73. The molecule has 1 aromatic heterocycles. The Morgan fingerprint density at radius 3 is 2.74 bits per heavy atom. The van der Waals surface area contributed by atoms with Gasteiger partial charge in [-0.3, -0.25) is 0 Å². The Hall–Kier alpha value is -1.74. The third-order valence-corrected chi connectivity index (χ3v) is 5.75. The van der Waals surface area contributed by atoms with Gasteiger partial charge in [-0.2, -0.15) is 0 Å². The minimum absolute atomic E-state index is 0.147. The van der Waals surface area contributed by atoms with Crippen LogP contribution in [0.5, 0.6) is 5.75 Å². The molecule has 23 heavy (non-hydrogen) atoms. The fourth-order valence-electron chi connectivity index (χ4n) is 3.50. The lowest BCUT2D eigenvalue weighted by molar-refractivity contribution is 0.373. The summed E-state index contributed by atoms with van der Waals surface area (Å²) in [6.07, 6.45) is 5.51. The van der Waals surface area contributed by atoms with Crippen LogP contribution < -0.4 is 9.64 Å². The summed E-state index contributed by atoms with van der Waals surface area (Å²) < 4.78 is 5.73. The smallest absolute Gasteiger partial charge is 0.143 e. The molecule has 0 aliphatic carbocycles. The maximum Gasteiger partial charge on any atom is 0.143 e. The molecule has 0 spiro atoms. The van der Waals surface area contributed by atoms with Gasteiger partial charge in [0.15, 0.2) is 0 Å². The van der Waals surface area contributed by atoms with Gasteiger partial charge in [0.1, 0.15) is 5.75 Å². The van der Waals surface area contributed by atoms with Gasteiger partial charge in [0.25, 0.3) is 0 Å². The first-order valence-electron chi connectivity index (χ1n) is 8.10. The molecule has 1 unspecified atom stereocenters. The Labute approximate surface area is 143 Å². The van der Waals surface area contributed by atoms with Gasteiger partial charge >= 0.3 is 0 Å². The summed E-state index contributed by atoms with van der Waals surface area (Å²) in [6.45, 7) is 6.92. The van der Waals surface area contributed by atoms with E-state index in [0.29, 0.717) is 5.92 Å². The SMILES string of the molecule is COc1cc(/C=C/c2cccs2)cc2c1N(C)C(C)(C)CC2C. The molecule has 0 N–H and O–H groups in total. The molecular formula is C20H25NOS. The van der Waals surface area contributed by atoms with Crippen LogP contribution in [-0.2, 0) is 0 Å². The number of ether oxygens (including phenoxy) is 1. The van der Waals surface area contributed by atoms with Gasteiger partial charge in [-0.25, -0.2) is 0 Å². The van der Waals surface area contributed by atoms with Gasteiger partial charge in [-0.1, -0.05) is 19.1 Å². The standard InChI is InChI=1S/C20H25NOS/c1-14-13-20(2,3)21(4)19-17(14)11-15(12-18(19)22-5)8-9-16-7-6-10-23-16/h6-12,14H,13H2,1-5H3/b9-8+. The van der Waals surface area contributed by atoms with E-state index in [-0.39, 0.29) is 5.54 Å². The van der Waals surface area contributed by atoms with E-state index in [1.54, 1.807) is 18.4 Å². The normalized spacial score (nSPS) is 19.9. The van der Waals surface area contributed by atoms with E-state index in [1.807, 2.05) is 0 Å². The topological polar surface area (TPSA) is 12.5 Å². The molecule has 1 aliphatic rings. The van der Waals surface area contributed by atoms with Crippen molar-refractivity contribution in [2.24, 2.45) is 0 Å². The Kier molecular flexibility index (Phi) is 4.24. The van der Waals surface area contributed by atoms with E-state index < -0.39 is 0 Å². The fourth-order valence-corrected chi connectivity index (χ4v) is 4.12. The van der Waals surface area contributed by atoms with Crippen molar-refractivity contribution in [1.29, 1.82) is 0 Å². The van der Waals surface area contributed by atoms with Crippen LogP contribution in [0.25, 0.3) is 12.2 Å². The molecule has 0 saturated heterocycles. The first kappa shape index (κ1) is 16.1. The number of anilines is 1. The average Bonchev–Trinajstić information content (AvgIpc) is 3.03. The molecular weight excluding hydrogens is 302 g/mol. The highest BCUT2D eigenvalue weighted by Crippen LogP contribution is 2.47. The first-order chi connectivity index (χ1) is 10.9. The van der Waals surface area contributed by atoms with Gasteiger partial charge in [0, 0.05) is 17.5 Å². The number of hydrogen-bond acceptors (Lipinski definition) is 3. The average molecular weight is 327 g/mol. The highest BCUT2D eigenvalue weighted by molar-refractivity contribution is 7.10. The van der Waals surface area contributed by atoms with Gasteiger partial charge in [0.05, 0.1) is 12.8 Å². The molecule has 2 aromatic rings. The number of methoxy groups -OCH3 is 1. The van der Waals surface area contributed by atoms with E-state index in [9.17, 15) is 0 Å². The maximum atomic E-state index is 5.73. The van der Waals surface area contributed by atoms with Gasteiger partial charge in [0.2, 0.25) is 0 Å². The molecule has 2 heterocycles. The summed E-state index contributed by atoms with van der Waals surface area (Å²) >= 11 is 1.76. The Morgan fingerprint density at radius 1 is 1.30 bits per heavy atom. The summed E-state index contributed by atoms with van der Waals surface area (Å²) in [6, 6.07) is 8.68. The quantitative estimate of drug-likeness (QED) is 0.722. The van der Waals surface area contributed by atoms with Crippen molar-refractivity contribution in [3.8, 4) is 5.75 Å². The molecule has 0 bridgehead atoms. The Bertz CT molecular complexity index is 715. The van der Waals surface area contributed by atoms with E-state index in [1.165, 1.54) is 21.7 Å². The van der Waals surface area contributed by atoms with Crippen molar-refractivity contribution < 1.29 is 4.74 Å². The number of rotatable bonds is 3. The highest BCUT2D eigenvalue weighted by atomic mass is 32.1. The van der Waals surface area contributed by atoms with E-state index >= 15 is 0 Å². The molecule has 3 rings (SSSR count). The molecule has 0 fully saturated rings. The first-order valence-corrected chi connectivity index (χ1v) is 8.97. The second-order valence-corrected chi connectivity index (χ2v) is 7.97. The summed E-state index contributed by atoms with van der Waals surface area (Å²) in [4.78, 5) is 3.64. The lowest BCUT2D eigenvalue weighted by Gasteiger charge is -2.46. The molecule has 0 saturated carbocycles. The minimum atomic E-state index is 0.147. The molecule has 122 valence electrons. The van der Waals surface area contributed by atoms with E-state index in [2.05, 4.69) is 74.5 Å². The van der Waals surface area contributed by atoms with Gasteiger partial charge in [-0.15, -0.1) is 11.3 Å². The summed E-state index contributed by atoms with van der Waals surface area (Å²) in [5.41, 5.74) is 3.98. The number of thiophene rings is 1. The van der Waals surface area contributed by atoms with Crippen molar-refractivity contribution in [3.63, 3.8) is 0 Å². The molecule has 3 heteroatoms. The zero-order chi connectivity index (χ0) is 16.6. The minimum Gasteiger partial charge on any atom is -0.495 e. The molecule has 0 radical (unpaired) electrons. The lowest BCUT2D eigenvalue weighted by atomic mass is 9.79. The molecule has 1 aliphatic heterocycles. The summed E-state index contributed by atoms with van der Waals surface area (Å²) in [7, 11) is 3.94. The predicted octanol–water partition coefficient (Wildman–Crippen LogP) is 5.65. The second-order valence-electron chi connectivity index (χ2n) is 6.99. The van der Waals surface area contributed by atoms with Crippen LogP contribution in [0.1, 0.15) is 49.1 Å². The number of nitrogens with zero attached hydrogens (tertiary/aromatic N) is 1. The number of benzene rings is 1. The molecule has 1 atom stereocenters. The molecule has 2 nitrogen and oxygen atoms in total. The van der Waals surface area contributed by atoms with E-state index in [0.717, 1.165) is 12.2 Å². The van der Waals surface area contributed by atoms with Crippen molar-refractivity contribution in [3.05, 3.63) is 45.6 Å². The van der Waals surface area contributed by atoms with Crippen LogP contribution in [0.2, 0.25) is 0 Å². The van der Waals surface area contributed by atoms with Crippen molar-refractivity contribution in [1.82, 2.24) is 0 Å². The van der Waals surface area contributed by atoms with Crippen molar-refractivity contribution in [2.45, 2.75) is 38.6 Å². The zero-order valence-corrected chi connectivity index (χ0v) is 15.4. The largest absolute Gasteiger partial charge is 0.495 e. The molecule has 0 amide bonds. The van der Waals surface area contributed by atoms with Gasteiger partial charge < -0.3 is 9.64 Å². The molecule has 1 aromatic carbocycles. The van der Waals surface area contributed by atoms with Crippen LogP contribution in [0, 0.1) is 0 Å². The Balaban J connectivity index is 2.05.